The molecule has 20 heavy (non-hydrogen) atoms. The van der Waals surface area contributed by atoms with Crippen LogP contribution in [0.25, 0.3) is 0 Å². The fraction of sp³-hybridized carbons (Fsp3) is 0.667. The lowest BCUT2D eigenvalue weighted by Gasteiger charge is -2.26. The predicted molar refractivity (Wildman–Crippen MR) is 76.1 cm³/mol. The highest BCUT2D eigenvalue weighted by Crippen LogP contribution is 2.21. The molecule has 5 heteroatoms. The van der Waals surface area contributed by atoms with E-state index in [0.717, 1.165) is 38.0 Å². The third-order valence-electron chi connectivity index (χ3n) is 3.93. The van der Waals surface area contributed by atoms with Crippen molar-refractivity contribution in [2.75, 3.05) is 26.7 Å². The largest absolute Gasteiger partial charge is 0.467 e. The summed E-state index contributed by atoms with van der Waals surface area (Å²) in [5.41, 5.74) is 0. The Bertz CT molecular complexity index is 405. The second kappa shape index (κ2) is 7.45. The maximum absolute atomic E-state index is 12.2. The summed E-state index contributed by atoms with van der Waals surface area (Å²) in [4.78, 5) is 16.2. The number of amides is 1. The maximum Gasteiger partial charge on any atom is 0.236 e. The highest BCUT2D eigenvalue weighted by atomic mass is 16.3. The molecule has 0 saturated carbocycles. The Kier molecular flexibility index (Phi) is 5.61. The van der Waals surface area contributed by atoms with Crippen LogP contribution in [0, 0.1) is 0 Å². The fourth-order valence-electron chi connectivity index (χ4n) is 2.78. The van der Waals surface area contributed by atoms with Gasteiger partial charge in [0.25, 0.3) is 0 Å². The Morgan fingerprint density at radius 1 is 1.60 bits per heavy atom. The van der Waals surface area contributed by atoms with Gasteiger partial charge in [-0.25, -0.2) is 0 Å². The van der Waals surface area contributed by atoms with Crippen LogP contribution < -0.4 is 0 Å². The summed E-state index contributed by atoms with van der Waals surface area (Å²) < 4.78 is 5.26. The van der Waals surface area contributed by atoms with E-state index in [1.807, 2.05) is 19.2 Å². The van der Waals surface area contributed by atoms with Crippen LogP contribution in [0.1, 0.15) is 31.4 Å². The van der Waals surface area contributed by atoms with Gasteiger partial charge in [-0.2, -0.15) is 0 Å². The van der Waals surface area contributed by atoms with Gasteiger partial charge in [0.1, 0.15) is 5.76 Å². The molecule has 1 aromatic heterocycles. The number of carbonyl (C=O) groups excluding carboxylic acids is 1. The van der Waals surface area contributed by atoms with Crippen molar-refractivity contribution in [3.8, 4) is 0 Å². The highest BCUT2D eigenvalue weighted by molar-refractivity contribution is 5.78. The number of hydrogen-bond donors (Lipinski definition) is 1. The van der Waals surface area contributed by atoms with Crippen molar-refractivity contribution in [1.82, 2.24) is 9.80 Å². The molecule has 1 amide bonds. The fourth-order valence-corrected chi connectivity index (χ4v) is 2.78. The van der Waals surface area contributed by atoms with Gasteiger partial charge in [0.15, 0.2) is 0 Å². The number of aliphatic hydroxyl groups excluding tert-OH is 1. The molecule has 1 unspecified atom stereocenters. The SMILES string of the molecule is CN(Cc1ccco1)C(=O)CN1CCCC1CCCO. The highest BCUT2D eigenvalue weighted by Gasteiger charge is 2.26. The second-order valence-corrected chi connectivity index (χ2v) is 5.46. The van der Waals surface area contributed by atoms with Gasteiger partial charge in [0, 0.05) is 19.7 Å². The molecule has 112 valence electrons. The molecule has 1 aromatic rings. The minimum absolute atomic E-state index is 0.122. The number of aliphatic hydroxyl groups is 1. The molecule has 2 heterocycles. The van der Waals surface area contributed by atoms with Crippen LogP contribution in [0.3, 0.4) is 0 Å². The lowest BCUT2D eigenvalue weighted by atomic mass is 10.1. The minimum atomic E-state index is 0.122. The lowest BCUT2D eigenvalue weighted by Crippen LogP contribution is -2.40. The minimum Gasteiger partial charge on any atom is -0.467 e. The molecule has 0 bridgehead atoms. The van der Waals surface area contributed by atoms with E-state index in [4.69, 9.17) is 9.52 Å². The molecular formula is C15H24N2O3. The molecule has 1 aliphatic rings. The van der Waals surface area contributed by atoms with Crippen LogP contribution in [-0.2, 0) is 11.3 Å². The van der Waals surface area contributed by atoms with Gasteiger partial charge in [-0.05, 0) is 44.4 Å². The molecule has 0 aromatic carbocycles. The van der Waals surface area contributed by atoms with E-state index in [9.17, 15) is 4.79 Å². The second-order valence-electron chi connectivity index (χ2n) is 5.46. The molecule has 1 aliphatic heterocycles. The van der Waals surface area contributed by atoms with Gasteiger partial charge in [-0.15, -0.1) is 0 Å². The van der Waals surface area contributed by atoms with Crippen LogP contribution in [0.5, 0.6) is 0 Å². The zero-order chi connectivity index (χ0) is 14.4. The third-order valence-corrected chi connectivity index (χ3v) is 3.93. The number of hydrogen-bond acceptors (Lipinski definition) is 4. The number of carbonyl (C=O) groups is 1. The molecule has 1 N–H and O–H groups in total. The first-order valence-corrected chi connectivity index (χ1v) is 7.32. The molecule has 5 nitrogen and oxygen atoms in total. The van der Waals surface area contributed by atoms with Crippen LogP contribution in [0.4, 0.5) is 0 Å². The standard InChI is InChI=1S/C15H24N2O3/c1-16(11-14-7-4-10-20-14)15(19)12-17-8-2-5-13(17)6-3-9-18/h4,7,10,13,18H,2-3,5-6,8-9,11-12H2,1H3. The van der Waals surface area contributed by atoms with Crippen molar-refractivity contribution in [3.63, 3.8) is 0 Å². The molecule has 1 fully saturated rings. The molecule has 0 radical (unpaired) electrons. The molecule has 1 atom stereocenters. The summed E-state index contributed by atoms with van der Waals surface area (Å²) in [5.74, 6) is 0.927. The molecule has 1 saturated heterocycles. The van der Waals surface area contributed by atoms with E-state index in [0.29, 0.717) is 19.1 Å². The van der Waals surface area contributed by atoms with Crippen LogP contribution in [0.2, 0.25) is 0 Å². The van der Waals surface area contributed by atoms with Gasteiger partial charge < -0.3 is 14.4 Å². The number of likely N-dealkylation sites (N-methyl/N-ethyl adjacent to an activating group) is 1. The number of likely N-dealkylation sites (tertiary alicyclic amines) is 1. The number of nitrogens with zero attached hydrogens (tertiary/aromatic N) is 2. The molecule has 0 aliphatic carbocycles. The molecular weight excluding hydrogens is 256 g/mol. The Hall–Kier alpha value is -1.33. The average Bonchev–Trinajstić information content (AvgIpc) is 3.08. The van der Waals surface area contributed by atoms with E-state index < -0.39 is 0 Å². The van der Waals surface area contributed by atoms with E-state index in [-0.39, 0.29) is 12.5 Å². The van der Waals surface area contributed by atoms with Crippen molar-refractivity contribution >= 4 is 5.91 Å². The van der Waals surface area contributed by atoms with Crippen LogP contribution >= 0.6 is 0 Å². The van der Waals surface area contributed by atoms with Crippen molar-refractivity contribution < 1.29 is 14.3 Å². The Balaban J connectivity index is 1.80. The summed E-state index contributed by atoms with van der Waals surface area (Å²) in [7, 11) is 1.81. The normalized spacial score (nSPS) is 19.4. The summed E-state index contributed by atoms with van der Waals surface area (Å²) in [6, 6.07) is 4.16. The predicted octanol–water partition coefficient (Wildman–Crippen LogP) is 1.47. The van der Waals surface area contributed by atoms with Crippen LogP contribution in [-0.4, -0.2) is 53.6 Å². The summed E-state index contributed by atoms with van der Waals surface area (Å²) >= 11 is 0. The van der Waals surface area contributed by atoms with Gasteiger partial charge in [-0.3, -0.25) is 9.69 Å². The Morgan fingerprint density at radius 2 is 2.45 bits per heavy atom. The summed E-state index contributed by atoms with van der Waals surface area (Å²) in [6.07, 6.45) is 5.70. The summed E-state index contributed by atoms with van der Waals surface area (Å²) in [6.45, 7) is 2.20. The lowest BCUT2D eigenvalue weighted by molar-refractivity contribution is -0.132. The third kappa shape index (κ3) is 4.08. The van der Waals surface area contributed by atoms with Crippen molar-refractivity contribution in [3.05, 3.63) is 24.2 Å². The van der Waals surface area contributed by atoms with Gasteiger partial charge in [0.2, 0.25) is 5.91 Å². The van der Waals surface area contributed by atoms with E-state index in [1.54, 1.807) is 11.2 Å². The monoisotopic (exact) mass is 280 g/mol. The van der Waals surface area contributed by atoms with Gasteiger partial charge >= 0.3 is 0 Å². The number of furan rings is 1. The summed E-state index contributed by atoms with van der Waals surface area (Å²) in [5, 5.41) is 8.92. The zero-order valence-electron chi connectivity index (χ0n) is 12.1. The zero-order valence-corrected chi connectivity index (χ0v) is 12.1. The quantitative estimate of drug-likeness (QED) is 0.822. The van der Waals surface area contributed by atoms with Crippen molar-refractivity contribution in [2.45, 2.75) is 38.3 Å². The van der Waals surface area contributed by atoms with E-state index in [2.05, 4.69) is 4.90 Å². The first kappa shape index (κ1) is 15.1. The van der Waals surface area contributed by atoms with E-state index >= 15 is 0 Å². The van der Waals surface area contributed by atoms with Gasteiger partial charge in [0.05, 0.1) is 19.4 Å². The number of rotatable bonds is 7. The molecule has 0 spiro atoms. The van der Waals surface area contributed by atoms with Gasteiger partial charge in [-0.1, -0.05) is 0 Å². The van der Waals surface area contributed by atoms with Crippen molar-refractivity contribution in [1.29, 1.82) is 0 Å². The Morgan fingerprint density at radius 3 is 3.15 bits per heavy atom. The maximum atomic E-state index is 12.2. The smallest absolute Gasteiger partial charge is 0.236 e. The van der Waals surface area contributed by atoms with E-state index in [1.165, 1.54) is 0 Å². The molecule has 2 rings (SSSR count). The topological polar surface area (TPSA) is 56.9 Å². The van der Waals surface area contributed by atoms with Crippen LogP contribution in [0.15, 0.2) is 22.8 Å². The first-order valence-electron chi connectivity index (χ1n) is 7.32. The van der Waals surface area contributed by atoms with Crippen molar-refractivity contribution in [2.24, 2.45) is 0 Å². The average molecular weight is 280 g/mol. The first-order chi connectivity index (χ1) is 9.70. The Labute approximate surface area is 120 Å².